The zero-order valence-electron chi connectivity index (χ0n) is 11.1. The van der Waals surface area contributed by atoms with E-state index in [1.54, 1.807) is 10.9 Å². The smallest absolute Gasteiger partial charge is 0.255 e. The first-order valence-corrected chi connectivity index (χ1v) is 6.64. The lowest BCUT2D eigenvalue weighted by atomic mass is 10.0. The number of nitrogens with zero attached hydrogens (tertiary/aromatic N) is 2. The highest BCUT2D eigenvalue weighted by Gasteiger charge is 2.23. The minimum absolute atomic E-state index is 0.0528. The Balaban J connectivity index is 2.04. The molecule has 0 radical (unpaired) electrons. The van der Waals surface area contributed by atoms with Crippen LogP contribution in [0.15, 0.2) is 6.20 Å². The predicted octanol–water partition coefficient (Wildman–Crippen LogP) is 1.12. The summed E-state index contributed by atoms with van der Waals surface area (Å²) in [6.07, 6.45) is 7.12. The highest BCUT2D eigenvalue weighted by Crippen LogP contribution is 2.17. The van der Waals surface area contributed by atoms with Gasteiger partial charge in [-0.25, -0.2) is 0 Å². The van der Waals surface area contributed by atoms with E-state index < -0.39 is 0 Å². The molecule has 1 aliphatic carbocycles. The van der Waals surface area contributed by atoms with Crippen LogP contribution in [-0.2, 0) is 7.05 Å². The number of hydrogen-bond donors (Lipinski definition) is 2. The van der Waals surface area contributed by atoms with E-state index in [4.69, 9.17) is 5.73 Å². The second-order valence-corrected chi connectivity index (χ2v) is 5.15. The molecule has 0 aromatic carbocycles. The van der Waals surface area contributed by atoms with E-state index in [0.717, 1.165) is 25.0 Å². The molecule has 2 rings (SSSR count). The van der Waals surface area contributed by atoms with Crippen LogP contribution in [0.25, 0.3) is 0 Å². The first kappa shape index (κ1) is 13.1. The number of nitrogens with two attached hydrogens (primary N) is 1. The second kappa shape index (κ2) is 5.52. The van der Waals surface area contributed by atoms with Crippen LogP contribution in [0.5, 0.6) is 0 Å². The molecule has 2 atom stereocenters. The van der Waals surface area contributed by atoms with Crippen molar-refractivity contribution < 1.29 is 4.79 Å². The highest BCUT2D eigenvalue weighted by molar-refractivity contribution is 5.95. The Hall–Kier alpha value is -1.36. The van der Waals surface area contributed by atoms with Crippen molar-refractivity contribution >= 4 is 5.91 Å². The van der Waals surface area contributed by atoms with Gasteiger partial charge >= 0.3 is 0 Å². The fourth-order valence-corrected chi connectivity index (χ4v) is 2.48. The first-order valence-electron chi connectivity index (χ1n) is 6.64. The maximum Gasteiger partial charge on any atom is 0.255 e. The second-order valence-electron chi connectivity index (χ2n) is 5.15. The van der Waals surface area contributed by atoms with Crippen LogP contribution in [0, 0.1) is 6.92 Å². The Morgan fingerprint density at radius 1 is 1.44 bits per heavy atom. The van der Waals surface area contributed by atoms with E-state index in [2.05, 4.69) is 10.4 Å². The molecular weight excluding hydrogens is 228 g/mol. The van der Waals surface area contributed by atoms with Crippen LogP contribution < -0.4 is 11.1 Å². The summed E-state index contributed by atoms with van der Waals surface area (Å²) >= 11 is 0. The van der Waals surface area contributed by atoms with Gasteiger partial charge in [0.05, 0.1) is 11.8 Å². The fraction of sp³-hybridized carbons (Fsp3) is 0.692. The molecule has 0 saturated heterocycles. The number of aryl methyl sites for hydroxylation is 1. The number of hydrogen-bond acceptors (Lipinski definition) is 3. The first-order chi connectivity index (χ1) is 8.59. The Morgan fingerprint density at radius 2 is 2.17 bits per heavy atom. The molecule has 0 spiro atoms. The summed E-state index contributed by atoms with van der Waals surface area (Å²) < 4.78 is 1.71. The quantitative estimate of drug-likeness (QED) is 0.772. The molecule has 5 heteroatoms. The number of carbonyl (C=O) groups is 1. The topological polar surface area (TPSA) is 72.9 Å². The molecule has 5 nitrogen and oxygen atoms in total. The van der Waals surface area contributed by atoms with Crippen LogP contribution in [0.2, 0.25) is 0 Å². The SMILES string of the molecule is Cc1c(C(=O)NC2CCCCCC2N)cnn1C. The van der Waals surface area contributed by atoms with Gasteiger partial charge in [0.15, 0.2) is 0 Å². The third kappa shape index (κ3) is 2.72. The summed E-state index contributed by atoms with van der Waals surface area (Å²) in [4.78, 5) is 12.2. The van der Waals surface area contributed by atoms with E-state index in [9.17, 15) is 4.79 Å². The van der Waals surface area contributed by atoms with Gasteiger partial charge in [0, 0.05) is 24.8 Å². The van der Waals surface area contributed by atoms with Gasteiger partial charge in [-0.2, -0.15) is 5.10 Å². The summed E-state index contributed by atoms with van der Waals surface area (Å²) in [7, 11) is 1.84. The standard InChI is InChI=1S/C13H22N4O/c1-9-10(8-15-17(9)2)13(18)16-12-7-5-3-4-6-11(12)14/h8,11-12H,3-7,14H2,1-2H3,(H,16,18). The molecule has 100 valence electrons. The minimum atomic E-state index is -0.0528. The van der Waals surface area contributed by atoms with Crippen molar-refractivity contribution in [1.82, 2.24) is 15.1 Å². The lowest BCUT2D eigenvalue weighted by Gasteiger charge is -2.22. The van der Waals surface area contributed by atoms with Crippen molar-refractivity contribution in [1.29, 1.82) is 0 Å². The normalized spacial score (nSPS) is 24.6. The number of carbonyl (C=O) groups excluding carboxylic acids is 1. The van der Waals surface area contributed by atoms with E-state index >= 15 is 0 Å². The minimum Gasteiger partial charge on any atom is -0.348 e. The largest absolute Gasteiger partial charge is 0.348 e. The van der Waals surface area contributed by atoms with E-state index in [1.165, 1.54) is 12.8 Å². The third-order valence-corrected chi connectivity index (χ3v) is 3.87. The van der Waals surface area contributed by atoms with Gasteiger partial charge in [0.1, 0.15) is 0 Å². The van der Waals surface area contributed by atoms with Gasteiger partial charge in [0.2, 0.25) is 0 Å². The highest BCUT2D eigenvalue weighted by atomic mass is 16.1. The molecule has 1 aromatic heterocycles. The molecule has 3 N–H and O–H groups in total. The van der Waals surface area contributed by atoms with Crippen molar-refractivity contribution in [3.05, 3.63) is 17.5 Å². The molecule has 1 aromatic rings. The van der Waals surface area contributed by atoms with Crippen LogP contribution in [0.3, 0.4) is 0 Å². The average molecular weight is 250 g/mol. The van der Waals surface area contributed by atoms with Gasteiger partial charge in [-0.05, 0) is 19.8 Å². The predicted molar refractivity (Wildman–Crippen MR) is 70.3 cm³/mol. The average Bonchev–Trinajstić information content (AvgIpc) is 2.55. The fourth-order valence-electron chi connectivity index (χ4n) is 2.48. The van der Waals surface area contributed by atoms with Gasteiger partial charge in [-0.1, -0.05) is 19.3 Å². The van der Waals surface area contributed by atoms with E-state index in [0.29, 0.717) is 5.56 Å². The summed E-state index contributed by atoms with van der Waals surface area (Å²) in [6, 6.07) is 0.174. The van der Waals surface area contributed by atoms with Crippen molar-refractivity contribution in [2.75, 3.05) is 0 Å². The lowest BCUT2D eigenvalue weighted by molar-refractivity contribution is 0.0928. The van der Waals surface area contributed by atoms with E-state index in [1.807, 2.05) is 14.0 Å². The molecule has 1 saturated carbocycles. The van der Waals surface area contributed by atoms with Gasteiger partial charge < -0.3 is 11.1 Å². The van der Waals surface area contributed by atoms with Crippen LogP contribution >= 0.6 is 0 Å². The number of rotatable bonds is 2. The maximum atomic E-state index is 12.2. The van der Waals surface area contributed by atoms with Crippen LogP contribution in [0.4, 0.5) is 0 Å². The van der Waals surface area contributed by atoms with Crippen LogP contribution in [-0.4, -0.2) is 27.8 Å². The Bertz CT molecular complexity index is 427. The van der Waals surface area contributed by atoms with Gasteiger partial charge in [0.25, 0.3) is 5.91 Å². The summed E-state index contributed by atoms with van der Waals surface area (Å²) in [6.45, 7) is 1.90. The molecule has 1 heterocycles. The third-order valence-electron chi connectivity index (χ3n) is 3.87. The number of aromatic nitrogens is 2. The monoisotopic (exact) mass is 250 g/mol. The Morgan fingerprint density at radius 3 is 2.83 bits per heavy atom. The Kier molecular flexibility index (Phi) is 4.01. The molecule has 0 bridgehead atoms. The molecule has 1 fully saturated rings. The number of nitrogens with one attached hydrogen (secondary N) is 1. The molecule has 18 heavy (non-hydrogen) atoms. The molecule has 0 aliphatic heterocycles. The maximum absolute atomic E-state index is 12.2. The molecule has 2 unspecified atom stereocenters. The zero-order chi connectivity index (χ0) is 13.1. The van der Waals surface area contributed by atoms with Crippen LogP contribution in [0.1, 0.15) is 48.2 Å². The van der Waals surface area contributed by atoms with Crippen molar-refractivity contribution in [2.45, 2.75) is 51.1 Å². The summed E-state index contributed by atoms with van der Waals surface area (Å²) in [5, 5.41) is 7.15. The number of amides is 1. The molecular formula is C13H22N4O. The Labute approximate surface area is 108 Å². The van der Waals surface area contributed by atoms with Crippen molar-refractivity contribution in [3.63, 3.8) is 0 Å². The van der Waals surface area contributed by atoms with Gasteiger partial charge in [-0.15, -0.1) is 0 Å². The summed E-state index contributed by atoms with van der Waals surface area (Å²) in [5.41, 5.74) is 7.64. The van der Waals surface area contributed by atoms with E-state index in [-0.39, 0.29) is 18.0 Å². The lowest BCUT2D eigenvalue weighted by Crippen LogP contribution is -2.47. The molecule has 1 amide bonds. The van der Waals surface area contributed by atoms with Gasteiger partial charge in [-0.3, -0.25) is 9.48 Å². The molecule has 1 aliphatic rings. The van der Waals surface area contributed by atoms with Crippen molar-refractivity contribution in [3.8, 4) is 0 Å². The van der Waals surface area contributed by atoms with Crippen molar-refractivity contribution in [2.24, 2.45) is 12.8 Å². The summed E-state index contributed by atoms with van der Waals surface area (Å²) in [5.74, 6) is -0.0528. The zero-order valence-corrected chi connectivity index (χ0v) is 11.1.